The largest absolute Gasteiger partial charge is 0.396 e. The molecule has 0 spiro atoms. The van der Waals surface area contributed by atoms with E-state index in [4.69, 9.17) is 10.9 Å². The first-order valence-electron chi connectivity index (χ1n) is 3.26. The minimum Gasteiger partial charge on any atom is -0.396 e. The van der Waals surface area contributed by atoms with Crippen molar-refractivity contribution in [3.05, 3.63) is 0 Å². The van der Waals surface area contributed by atoms with E-state index in [1.165, 1.54) is 0 Å². The van der Waals surface area contributed by atoms with Gasteiger partial charge in [-0.1, -0.05) is 13.8 Å². The summed E-state index contributed by atoms with van der Waals surface area (Å²) >= 11 is 0. The van der Waals surface area contributed by atoms with Crippen LogP contribution in [0.4, 0.5) is 0 Å². The maximum absolute atomic E-state index is 8.73. The van der Waals surface area contributed by atoms with Gasteiger partial charge < -0.3 is 5.11 Å². The second-order valence-electron chi connectivity index (χ2n) is 2.59. The molecule has 3 heteroatoms. The van der Waals surface area contributed by atoms with Crippen LogP contribution in [0.5, 0.6) is 0 Å². The normalized spacial score (nSPS) is 14.3. The van der Waals surface area contributed by atoms with Crippen molar-refractivity contribution in [3.8, 4) is 0 Å². The molecule has 0 aromatic carbocycles. The smallest absolute Gasteiger partial charge is 0.0474 e. The highest BCUT2D eigenvalue weighted by atomic mass is 16.3. The summed E-state index contributed by atoms with van der Waals surface area (Å²) in [6.07, 6.45) is 0. The molecule has 1 atom stereocenters. The fraction of sp³-hybridized carbons (Fsp3) is 1.00. The highest BCUT2D eigenvalue weighted by molar-refractivity contribution is 4.61. The lowest BCUT2D eigenvalue weighted by Gasteiger charge is -2.16. The van der Waals surface area contributed by atoms with Crippen LogP contribution in [0.1, 0.15) is 13.8 Å². The van der Waals surface area contributed by atoms with Crippen LogP contribution in [0.2, 0.25) is 0 Å². The van der Waals surface area contributed by atoms with Crippen molar-refractivity contribution in [2.24, 2.45) is 17.7 Å². The lowest BCUT2D eigenvalue weighted by atomic mass is 9.97. The number of aliphatic hydroxyl groups excluding tert-OH is 1. The van der Waals surface area contributed by atoms with Crippen LogP contribution in [0.15, 0.2) is 0 Å². The molecule has 0 bridgehead atoms. The minimum atomic E-state index is 0.210. The SMILES string of the molecule is CC(C)C(CO)CNN. The van der Waals surface area contributed by atoms with E-state index in [1.54, 1.807) is 0 Å². The average molecular weight is 132 g/mol. The van der Waals surface area contributed by atoms with Crippen molar-refractivity contribution in [1.82, 2.24) is 5.43 Å². The Bertz CT molecular complexity index is 66.1. The second kappa shape index (κ2) is 4.73. The van der Waals surface area contributed by atoms with E-state index in [1.807, 2.05) is 0 Å². The summed E-state index contributed by atoms with van der Waals surface area (Å²) < 4.78 is 0. The molecule has 0 heterocycles. The molecule has 1 unspecified atom stereocenters. The van der Waals surface area contributed by atoms with E-state index in [2.05, 4.69) is 19.3 Å². The maximum Gasteiger partial charge on any atom is 0.0474 e. The minimum absolute atomic E-state index is 0.210. The van der Waals surface area contributed by atoms with Gasteiger partial charge in [0.1, 0.15) is 0 Å². The zero-order chi connectivity index (χ0) is 7.28. The standard InChI is InChI=1S/C6H16N2O/c1-5(2)6(4-9)3-8-7/h5-6,8-9H,3-4,7H2,1-2H3. The fourth-order valence-corrected chi connectivity index (χ4v) is 0.662. The molecular formula is C6H16N2O. The van der Waals surface area contributed by atoms with Gasteiger partial charge in [-0.25, -0.2) is 0 Å². The molecule has 0 aromatic heterocycles. The van der Waals surface area contributed by atoms with Crippen LogP contribution in [-0.2, 0) is 0 Å². The molecule has 0 aliphatic rings. The van der Waals surface area contributed by atoms with Gasteiger partial charge in [-0.15, -0.1) is 0 Å². The molecule has 0 amide bonds. The van der Waals surface area contributed by atoms with E-state index in [-0.39, 0.29) is 12.5 Å². The Morgan fingerprint density at radius 3 is 2.22 bits per heavy atom. The van der Waals surface area contributed by atoms with Gasteiger partial charge in [0.2, 0.25) is 0 Å². The van der Waals surface area contributed by atoms with Gasteiger partial charge in [0.15, 0.2) is 0 Å². The lowest BCUT2D eigenvalue weighted by molar-refractivity contribution is 0.186. The average Bonchev–Trinajstić information content (AvgIpc) is 1.82. The van der Waals surface area contributed by atoms with Crippen molar-refractivity contribution in [2.45, 2.75) is 13.8 Å². The molecule has 0 aliphatic heterocycles. The molecule has 3 nitrogen and oxygen atoms in total. The monoisotopic (exact) mass is 132 g/mol. The van der Waals surface area contributed by atoms with Gasteiger partial charge in [0, 0.05) is 13.2 Å². The van der Waals surface area contributed by atoms with Crippen molar-refractivity contribution >= 4 is 0 Å². The molecule has 0 saturated heterocycles. The quantitative estimate of drug-likeness (QED) is 0.364. The van der Waals surface area contributed by atoms with Gasteiger partial charge in [0.25, 0.3) is 0 Å². The van der Waals surface area contributed by atoms with Gasteiger partial charge >= 0.3 is 0 Å². The van der Waals surface area contributed by atoms with Gasteiger partial charge in [0.05, 0.1) is 0 Å². The van der Waals surface area contributed by atoms with Crippen molar-refractivity contribution < 1.29 is 5.11 Å². The molecular weight excluding hydrogens is 116 g/mol. The Labute approximate surface area is 56.2 Å². The number of rotatable bonds is 4. The molecule has 0 aliphatic carbocycles. The first kappa shape index (κ1) is 8.88. The Kier molecular flexibility index (Phi) is 4.67. The van der Waals surface area contributed by atoms with E-state index in [0.717, 1.165) is 0 Å². The van der Waals surface area contributed by atoms with E-state index < -0.39 is 0 Å². The van der Waals surface area contributed by atoms with E-state index in [0.29, 0.717) is 12.5 Å². The highest BCUT2D eigenvalue weighted by Gasteiger charge is 2.09. The summed E-state index contributed by atoms with van der Waals surface area (Å²) in [4.78, 5) is 0. The number of hydrogen-bond acceptors (Lipinski definition) is 3. The maximum atomic E-state index is 8.73. The fourth-order valence-electron chi connectivity index (χ4n) is 0.662. The molecule has 56 valence electrons. The molecule has 0 radical (unpaired) electrons. The van der Waals surface area contributed by atoms with Crippen LogP contribution in [0.25, 0.3) is 0 Å². The van der Waals surface area contributed by atoms with Crippen molar-refractivity contribution in [2.75, 3.05) is 13.2 Å². The van der Waals surface area contributed by atoms with Crippen LogP contribution in [0, 0.1) is 11.8 Å². The Balaban J connectivity index is 3.41. The molecule has 0 fully saturated rings. The third-order valence-electron chi connectivity index (χ3n) is 1.56. The molecule has 0 saturated carbocycles. The second-order valence-corrected chi connectivity index (χ2v) is 2.59. The number of hydrogen-bond donors (Lipinski definition) is 3. The summed E-state index contributed by atoms with van der Waals surface area (Å²) in [7, 11) is 0. The van der Waals surface area contributed by atoms with Gasteiger partial charge in [-0.2, -0.15) is 0 Å². The Morgan fingerprint density at radius 2 is 2.11 bits per heavy atom. The molecule has 4 N–H and O–H groups in total. The van der Waals surface area contributed by atoms with Gasteiger partial charge in [-0.05, 0) is 11.8 Å². The molecule has 0 rings (SSSR count). The van der Waals surface area contributed by atoms with Crippen LogP contribution in [-0.4, -0.2) is 18.3 Å². The predicted octanol–water partition coefficient (Wildman–Crippen LogP) is -0.286. The number of nitrogens with one attached hydrogen (secondary N) is 1. The first-order valence-corrected chi connectivity index (χ1v) is 3.26. The topological polar surface area (TPSA) is 58.3 Å². The summed E-state index contributed by atoms with van der Waals surface area (Å²) in [5, 5.41) is 8.73. The Morgan fingerprint density at radius 1 is 1.56 bits per heavy atom. The summed E-state index contributed by atoms with van der Waals surface area (Å²) in [5.74, 6) is 5.86. The predicted molar refractivity (Wildman–Crippen MR) is 37.6 cm³/mol. The van der Waals surface area contributed by atoms with E-state index >= 15 is 0 Å². The Hall–Kier alpha value is -0.120. The first-order chi connectivity index (χ1) is 4.22. The van der Waals surface area contributed by atoms with Crippen molar-refractivity contribution in [1.29, 1.82) is 0 Å². The van der Waals surface area contributed by atoms with Crippen molar-refractivity contribution in [3.63, 3.8) is 0 Å². The van der Waals surface area contributed by atoms with Crippen LogP contribution >= 0.6 is 0 Å². The third kappa shape index (κ3) is 3.46. The highest BCUT2D eigenvalue weighted by Crippen LogP contribution is 2.07. The number of aliphatic hydroxyl groups is 1. The van der Waals surface area contributed by atoms with E-state index in [9.17, 15) is 0 Å². The molecule has 0 aromatic rings. The zero-order valence-corrected chi connectivity index (χ0v) is 6.09. The zero-order valence-electron chi connectivity index (χ0n) is 6.09. The van der Waals surface area contributed by atoms with Crippen LogP contribution < -0.4 is 11.3 Å². The van der Waals surface area contributed by atoms with Gasteiger partial charge in [-0.3, -0.25) is 11.3 Å². The van der Waals surface area contributed by atoms with Crippen LogP contribution in [0.3, 0.4) is 0 Å². The summed E-state index contributed by atoms with van der Waals surface area (Å²) in [6, 6.07) is 0. The summed E-state index contributed by atoms with van der Waals surface area (Å²) in [6.45, 7) is 5.03. The number of hydrazine groups is 1. The lowest BCUT2D eigenvalue weighted by Crippen LogP contribution is -2.33. The third-order valence-corrected chi connectivity index (χ3v) is 1.56. The summed E-state index contributed by atoms with van der Waals surface area (Å²) in [5.41, 5.74) is 2.54. The molecule has 9 heavy (non-hydrogen) atoms. The number of nitrogens with two attached hydrogens (primary N) is 1.